The van der Waals surface area contributed by atoms with E-state index in [0.29, 0.717) is 13.2 Å². The van der Waals surface area contributed by atoms with Gasteiger partial charge in [-0.1, -0.05) is 60.7 Å². The van der Waals surface area contributed by atoms with Crippen LogP contribution in [0.25, 0.3) is 10.9 Å². The molecule has 1 aliphatic rings. The monoisotopic (exact) mass is 481 g/mol. The van der Waals surface area contributed by atoms with E-state index in [1.54, 1.807) is 6.07 Å². The first-order valence-electron chi connectivity index (χ1n) is 12.4. The van der Waals surface area contributed by atoms with Gasteiger partial charge in [-0.3, -0.25) is 9.59 Å². The standard InChI is InChI=1S/C30H31N3O3/c1-20-11-12-25(26(17-20)33-13-15-36-16-14-33)29(22-7-4-3-5-8-22)32-28(35)19-23-9-6-10-24-21(2)18-27(34)31-30(23)24/h3-12,17-18,29H,13-16,19H2,1-2H3,(H,31,34)(H,32,35). The van der Waals surface area contributed by atoms with Gasteiger partial charge in [0.25, 0.3) is 0 Å². The fourth-order valence-corrected chi connectivity index (χ4v) is 5.00. The van der Waals surface area contributed by atoms with Gasteiger partial charge in [0, 0.05) is 35.8 Å². The van der Waals surface area contributed by atoms with E-state index in [2.05, 4.69) is 40.3 Å². The van der Waals surface area contributed by atoms with Gasteiger partial charge in [-0.2, -0.15) is 0 Å². The van der Waals surface area contributed by atoms with Crippen molar-refractivity contribution in [1.29, 1.82) is 0 Å². The Morgan fingerprint density at radius 1 is 1.00 bits per heavy atom. The van der Waals surface area contributed by atoms with Crippen LogP contribution in [0.2, 0.25) is 0 Å². The number of aromatic nitrogens is 1. The topological polar surface area (TPSA) is 74.4 Å². The van der Waals surface area contributed by atoms with E-state index in [4.69, 9.17) is 4.74 Å². The number of morpholine rings is 1. The Labute approximate surface area is 210 Å². The van der Waals surface area contributed by atoms with Gasteiger partial charge in [-0.15, -0.1) is 0 Å². The Kier molecular flexibility index (Phi) is 6.87. The maximum atomic E-state index is 13.5. The molecule has 1 saturated heterocycles. The number of hydrogen-bond acceptors (Lipinski definition) is 4. The van der Waals surface area contributed by atoms with Gasteiger partial charge in [-0.05, 0) is 42.2 Å². The van der Waals surface area contributed by atoms with Gasteiger partial charge in [0.15, 0.2) is 0 Å². The van der Waals surface area contributed by atoms with E-state index in [0.717, 1.165) is 51.9 Å². The van der Waals surface area contributed by atoms with Crippen LogP contribution in [0.1, 0.15) is 33.9 Å². The largest absolute Gasteiger partial charge is 0.378 e. The summed E-state index contributed by atoms with van der Waals surface area (Å²) in [7, 11) is 0. The first-order valence-corrected chi connectivity index (χ1v) is 12.4. The van der Waals surface area contributed by atoms with Crippen LogP contribution in [0.5, 0.6) is 0 Å². The third-order valence-electron chi connectivity index (χ3n) is 6.81. The molecular weight excluding hydrogens is 450 g/mol. The number of fused-ring (bicyclic) bond motifs is 1. The molecule has 1 unspecified atom stereocenters. The number of anilines is 1. The zero-order chi connectivity index (χ0) is 25.1. The van der Waals surface area contributed by atoms with Crippen LogP contribution in [-0.2, 0) is 16.0 Å². The molecule has 0 aliphatic carbocycles. The molecule has 3 aromatic carbocycles. The smallest absolute Gasteiger partial charge is 0.248 e. The van der Waals surface area contributed by atoms with E-state index >= 15 is 0 Å². The van der Waals surface area contributed by atoms with Crippen molar-refractivity contribution in [3.05, 3.63) is 111 Å². The Balaban J connectivity index is 1.50. The lowest BCUT2D eigenvalue weighted by atomic mass is 9.94. The first-order chi connectivity index (χ1) is 17.5. The number of rotatable bonds is 6. The molecule has 1 atom stereocenters. The normalized spacial score (nSPS) is 14.6. The van der Waals surface area contributed by atoms with Gasteiger partial charge in [0.2, 0.25) is 11.5 Å². The van der Waals surface area contributed by atoms with Crippen LogP contribution in [0.4, 0.5) is 5.69 Å². The molecule has 1 fully saturated rings. The SMILES string of the molecule is Cc1ccc(C(NC(=O)Cc2cccc3c(C)cc(=O)[nH]c23)c2ccccc2)c(N2CCOCC2)c1. The molecule has 1 aliphatic heterocycles. The summed E-state index contributed by atoms with van der Waals surface area (Å²) in [4.78, 5) is 30.9. The lowest BCUT2D eigenvalue weighted by molar-refractivity contribution is -0.120. The lowest BCUT2D eigenvalue weighted by Gasteiger charge is -2.33. The van der Waals surface area contributed by atoms with E-state index in [1.807, 2.05) is 55.5 Å². The maximum absolute atomic E-state index is 13.5. The predicted octanol–water partition coefficient (Wildman–Crippen LogP) is 4.43. The maximum Gasteiger partial charge on any atom is 0.248 e. The summed E-state index contributed by atoms with van der Waals surface area (Å²) in [6.45, 7) is 7.01. The molecule has 5 rings (SSSR count). The molecule has 0 bridgehead atoms. The van der Waals surface area contributed by atoms with Crippen molar-refractivity contribution < 1.29 is 9.53 Å². The quantitative estimate of drug-likeness (QED) is 0.427. The fourth-order valence-electron chi connectivity index (χ4n) is 5.00. The average Bonchev–Trinajstić information content (AvgIpc) is 2.89. The second kappa shape index (κ2) is 10.4. The van der Waals surface area contributed by atoms with Crippen LogP contribution < -0.4 is 15.8 Å². The minimum atomic E-state index is -0.312. The zero-order valence-corrected chi connectivity index (χ0v) is 20.7. The Bertz CT molecular complexity index is 1440. The fraction of sp³-hybridized carbons (Fsp3) is 0.267. The van der Waals surface area contributed by atoms with E-state index in [-0.39, 0.29) is 23.9 Å². The molecule has 36 heavy (non-hydrogen) atoms. The molecule has 2 heterocycles. The Morgan fingerprint density at radius 2 is 1.78 bits per heavy atom. The van der Waals surface area contributed by atoms with Crippen LogP contribution >= 0.6 is 0 Å². The second-order valence-corrected chi connectivity index (χ2v) is 9.41. The van der Waals surface area contributed by atoms with Crippen LogP contribution in [0, 0.1) is 13.8 Å². The van der Waals surface area contributed by atoms with Crippen molar-refractivity contribution >= 4 is 22.5 Å². The van der Waals surface area contributed by atoms with Crippen molar-refractivity contribution in [2.45, 2.75) is 26.3 Å². The molecule has 1 amide bonds. The van der Waals surface area contributed by atoms with Gasteiger partial charge < -0.3 is 19.9 Å². The number of hydrogen-bond donors (Lipinski definition) is 2. The van der Waals surface area contributed by atoms with Gasteiger partial charge in [-0.25, -0.2) is 0 Å². The van der Waals surface area contributed by atoms with Crippen molar-refractivity contribution in [1.82, 2.24) is 10.3 Å². The number of aryl methyl sites for hydroxylation is 2. The number of nitrogens with one attached hydrogen (secondary N) is 2. The Morgan fingerprint density at radius 3 is 2.56 bits per heavy atom. The van der Waals surface area contributed by atoms with Crippen LogP contribution in [0.15, 0.2) is 77.6 Å². The lowest BCUT2D eigenvalue weighted by Crippen LogP contribution is -2.38. The number of amides is 1. The summed E-state index contributed by atoms with van der Waals surface area (Å²) >= 11 is 0. The summed E-state index contributed by atoms with van der Waals surface area (Å²) < 4.78 is 5.58. The second-order valence-electron chi connectivity index (χ2n) is 9.41. The highest BCUT2D eigenvalue weighted by atomic mass is 16.5. The van der Waals surface area contributed by atoms with E-state index < -0.39 is 0 Å². The highest BCUT2D eigenvalue weighted by molar-refractivity contribution is 5.89. The third-order valence-corrected chi connectivity index (χ3v) is 6.81. The summed E-state index contributed by atoms with van der Waals surface area (Å²) in [6.07, 6.45) is 0.165. The molecule has 6 nitrogen and oxygen atoms in total. The van der Waals surface area contributed by atoms with Gasteiger partial charge >= 0.3 is 0 Å². The summed E-state index contributed by atoms with van der Waals surface area (Å²) in [6, 6.07) is 23.6. The zero-order valence-electron chi connectivity index (χ0n) is 20.7. The minimum absolute atomic E-state index is 0.104. The minimum Gasteiger partial charge on any atom is -0.378 e. The van der Waals surface area contributed by atoms with Gasteiger partial charge in [0.05, 0.1) is 31.2 Å². The Hall–Kier alpha value is -3.90. The molecule has 1 aromatic heterocycles. The summed E-state index contributed by atoms with van der Waals surface area (Å²) in [5.74, 6) is -0.104. The third kappa shape index (κ3) is 5.04. The number of para-hydroxylation sites is 1. The predicted molar refractivity (Wildman–Crippen MR) is 144 cm³/mol. The highest BCUT2D eigenvalue weighted by Gasteiger charge is 2.24. The molecule has 0 radical (unpaired) electrons. The number of aromatic amines is 1. The van der Waals surface area contributed by atoms with Crippen molar-refractivity contribution in [3.8, 4) is 0 Å². The van der Waals surface area contributed by atoms with Crippen molar-refractivity contribution in [2.75, 3.05) is 31.2 Å². The molecular formula is C30H31N3O3. The summed E-state index contributed by atoms with van der Waals surface area (Å²) in [5.41, 5.74) is 6.63. The number of H-pyrrole nitrogens is 1. The number of ether oxygens (including phenoxy) is 1. The molecule has 0 spiro atoms. The molecule has 6 heteroatoms. The molecule has 184 valence electrons. The molecule has 0 saturated carbocycles. The van der Waals surface area contributed by atoms with Crippen LogP contribution in [-0.4, -0.2) is 37.2 Å². The van der Waals surface area contributed by atoms with Crippen molar-refractivity contribution in [3.63, 3.8) is 0 Å². The van der Waals surface area contributed by atoms with Crippen LogP contribution in [0.3, 0.4) is 0 Å². The number of benzene rings is 3. The highest BCUT2D eigenvalue weighted by Crippen LogP contribution is 2.33. The van der Waals surface area contributed by atoms with E-state index in [1.165, 1.54) is 5.56 Å². The van der Waals surface area contributed by atoms with Gasteiger partial charge in [0.1, 0.15) is 0 Å². The first kappa shape index (κ1) is 23.8. The average molecular weight is 482 g/mol. The van der Waals surface area contributed by atoms with E-state index in [9.17, 15) is 9.59 Å². The number of nitrogens with zero attached hydrogens (tertiary/aromatic N) is 1. The molecule has 2 N–H and O–H groups in total. The number of carbonyl (C=O) groups is 1. The number of carbonyl (C=O) groups excluding carboxylic acids is 1. The molecule has 4 aromatic rings. The number of pyridine rings is 1. The summed E-state index contributed by atoms with van der Waals surface area (Å²) in [5, 5.41) is 4.25. The van der Waals surface area contributed by atoms with Crippen molar-refractivity contribution in [2.24, 2.45) is 0 Å².